The van der Waals surface area contributed by atoms with Gasteiger partial charge in [-0.25, -0.2) is 19.1 Å². The third-order valence-electron chi connectivity index (χ3n) is 7.60. The number of nitrogens with one attached hydrogen (secondary N) is 4. The Morgan fingerprint density at radius 2 is 1.89 bits per heavy atom. The number of halogens is 2. The highest BCUT2D eigenvalue weighted by Gasteiger charge is 2.47. The summed E-state index contributed by atoms with van der Waals surface area (Å²) >= 11 is 0. The molecule has 0 radical (unpaired) electrons. The van der Waals surface area contributed by atoms with E-state index >= 15 is 0 Å². The zero-order valence-electron chi connectivity index (χ0n) is 22.4. The summed E-state index contributed by atoms with van der Waals surface area (Å²) in [4.78, 5) is 29.3. The van der Waals surface area contributed by atoms with Gasteiger partial charge in [0, 0.05) is 18.2 Å². The third-order valence-corrected chi connectivity index (χ3v) is 7.60. The van der Waals surface area contributed by atoms with Crippen molar-refractivity contribution in [1.29, 1.82) is 0 Å². The van der Waals surface area contributed by atoms with E-state index in [4.69, 9.17) is 0 Å². The summed E-state index contributed by atoms with van der Waals surface area (Å²) < 4.78 is 28.3. The SMILES string of the molecule is CC(CCC1(C)CN(c2ccc(F)cc2F)C(=O)N1Cc1ccc(C(=O)NC2=NNNN2)cc1)C(C)(C)C. The largest absolute Gasteiger partial charge is 0.325 e. The highest BCUT2D eigenvalue weighted by Crippen LogP contribution is 2.39. The van der Waals surface area contributed by atoms with Gasteiger partial charge >= 0.3 is 6.03 Å². The van der Waals surface area contributed by atoms with E-state index in [1.807, 2.05) is 6.92 Å². The second-order valence-corrected chi connectivity index (χ2v) is 11.3. The summed E-state index contributed by atoms with van der Waals surface area (Å²) in [7, 11) is 0. The molecule has 9 nitrogen and oxygen atoms in total. The van der Waals surface area contributed by atoms with E-state index in [1.54, 1.807) is 29.2 Å². The number of guanidine groups is 1. The van der Waals surface area contributed by atoms with Crippen LogP contribution in [0.1, 0.15) is 63.4 Å². The van der Waals surface area contributed by atoms with Crippen LogP contribution in [0.5, 0.6) is 0 Å². The van der Waals surface area contributed by atoms with Gasteiger partial charge in [0.05, 0.1) is 17.8 Å². The van der Waals surface area contributed by atoms with E-state index in [9.17, 15) is 18.4 Å². The first kappa shape index (κ1) is 27.3. The molecule has 38 heavy (non-hydrogen) atoms. The molecule has 1 fully saturated rings. The number of carbonyl (C=O) groups excluding carboxylic acids is 2. The molecule has 204 valence electrons. The fourth-order valence-corrected chi connectivity index (χ4v) is 4.57. The molecule has 0 saturated carbocycles. The second kappa shape index (κ2) is 10.6. The molecule has 2 aromatic carbocycles. The summed E-state index contributed by atoms with van der Waals surface area (Å²) in [5.74, 6) is -1.16. The monoisotopic (exact) mass is 527 g/mol. The molecule has 0 aromatic heterocycles. The number of nitrogens with zero attached hydrogens (tertiary/aromatic N) is 3. The van der Waals surface area contributed by atoms with Gasteiger partial charge in [0.2, 0.25) is 5.96 Å². The zero-order valence-corrected chi connectivity index (χ0v) is 22.4. The number of hydrazone groups is 1. The number of hydrogen-bond acceptors (Lipinski definition) is 6. The number of hydrogen-bond donors (Lipinski definition) is 4. The lowest BCUT2D eigenvalue weighted by molar-refractivity contribution is 0.0975. The predicted molar refractivity (Wildman–Crippen MR) is 142 cm³/mol. The van der Waals surface area contributed by atoms with Crippen LogP contribution in [0.4, 0.5) is 19.3 Å². The molecule has 3 amide bonds. The maximum atomic E-state index is 14.7. The number of hydrazine groups is 2. The summed E-state index contributed by atoms with van der Waals surface area (Å²) in [6.07, 6.45) is 1.60. The van der Waals surface area contributed by atoms with Gasteiger partial charge in [-0.3, -0.25) is 20.4 Å². The van der Waals surface area contributed by atoms with Crippen LogP contribution in [0.15, 0.2) is 47.6 Å². The Bertz CT molecular complexity index is 1230. The molecule has 4 N–H and O–H groups in total. The number of rotatable bonds is 7. The molecule has 0 aliphatic carbocycles. The molecule has 2 atom stereocenters. The fourth-order valence-electron chi connectivity index (χ4n) is 4.57. The Balaban J connectivity index is 1.56. The van der Waals surface area contributed by atoms with Crippen LogP contribution in [0.3, 0.4) is 0 Å². The average molecular weight is 528 g/mol. The molecule has 2 heterocycles. The summed E-state index contributed by atoms with van der Waals surface area (Å²) in [6.45, 7) is 11.4. The van der Waals surface area contributed by atoms with Crippen molar-refractivity contribution < 1.29 is 18.4 Å². The molecule has 4 rings (SSSR count). The van der Waals surface area contributed by atoms with Gasteiger partial charge in [-0.05, 0) is 60.9 Å². The van der Waals surface area contributed by atoms with Crippen LogP contribution >= 0.6 is 0 Å². The van der Waals surface area contributed by atoms with Crippen molar-refractivity contribution in [2.24, 2.45) is 16.4 Å². The first-order chi connectivity index (χ1) is 17.9. The molecule has 2 aromatic rings. The molecule has 0 spiro atoms. The van der Waals surface area contributed by atoms with Crippen molar-refractivity contribution in [2.75, 3.05) is 11.4 Å². The van der Waals surface area contributed by atoms with Crippen molar-refractivity contribution in [3.05, 3.63) is 65.2 Å². The highest BCUT2D eigenvalue weighted by atomic mass is 19.1. The van der Waals surface area contributed by atoms with E-state index < -0.39 is 17.2 Å². The van der Waals surface area contributed by atoms with Crippen LogP contribution in [-0.2, 0) is 6.54 Å². The van der Waals surface area contributed by atoms with Crippen LogP contribution < -0.4 is 26.7 Å². The van der Waals surface area contributed by atoms with Crippen LogP contribution in [0.25, 0.3) is 0 Å². The third kappa shape index (κ3) is 5.88. The second-order valence-electron chi connectivity index (χ2n) is 11.3. The normalized spacial score (nSPS) is 20.2. The molecule has 11 heteroatoms. The molecular weight excluding hydrogens is 492 g/mol. The Morgan fingerprint density at radius 3 is 2.50 bits per heavy atom. The minimum atomic E-state index is -0.771. The molecule has 2 aliphatic heterocycles. The maximum Gasteiger partial charge on any atom is 0.325 e. The Kier molecular flexibility index (Phi) is 7.59. The molecular formula is C27H35F2N7O2. The average Bonchev–Trinajstić information content (AvgIpc) is 3.45. The van der Waals surface area contributed by atoms with Gasteiger partial charge in [0.1, 0.15) is 11.6 Å². The van der Waals surface area contributed by atoms with Crippen molar-refractivity contribution in [1.82, 2.24) is 26.7 Å². The lowest BCUT2D eigenvalue weighted by atomic mass is 9.77. The quantitative estimate of drug-likeness (QED) is 0.432. The summed E-state index contributed by atoms with van der Waals surface area (Å²) in [5.41, 5.74) is 8.48. The fraction of sp³-hybridized carbons (Fsp3) is 0.444. The van der Waals surface area contributed by atoms with Gasteiger partial charge in [-0.2, -0.15) is 0 Å². The van der Waals surface area contributed by atoms with Crippen LogP contribution in [0.2, 0.25) is 0 Å². The Labute approximate surface area is 221 Å². The minimum Gasteiger partial charge on any atom is -0.313 e. The Morgan fingerprint density at radius 1 is 1.18 bits per heavy atom. The number of urea groups is 1. The number of benzene rings is 2. The van der Waals surface area contributed by atoms with Crippen molar-refractivity contribution >= 4 is 23.6 Å². The van der Waals surface area contributed by atoms with E-state index in [1.165, 1.54) is 11.0 Å². The number of anilines is 1. The Hall–Kier alpha value is -3.73. The van der Waals surface area contributed by atoms with Crippen LogP contribution in [0, 0.1) is 23.0 Å². The zero-order chi connectivity index (χ0) is 27.7. The molecule has 0 bridgehead atoms. The number of carbonyl (C=O) groups is 2. The lowest BCUT2D eigenvalue weighted by Gasteiger charge is -2.36. The van der Waals surface area contributed by atoms with E-state index in [0.29, 0.717) is 17.9 Å². The van der Waals surface area contributed by atoms with Crippen LogP contribution in [-0.4, -0.2) is 34.9 Å². The van der Waals surface area contributed by atoms with Crippen molar-refractivity contribution in [3.63, 3.8) is 0 Å². The van der Waals surface area contributed by atoms with E-state index in [2.05, 4.69) is 54.6 Å². The van der Waals surface area contributed by atoms with Gasteiger partial charge in [-0.15, -0.1) is 10.6 Å². The molecule has 1 saturated heterocycles. The lowest BCUT2D eigenvalue weighted by Crippen LogP contribution is -2.44. The molecule has 2 unspecified atom stereocenters. The van der Waals surface area contributed by atoms with Crippen molar-refractivity contribution in [3.8, 4) is 0 Å². The number of amides is 3. The first-order valence-corrected chi connectivity index (χ1v) is 12.7. The minimum absolute atomic E-state index is 0.0634. The smallest absolute Gasteiger partial charge is 0.313 e. The topological polar surface area (TPSA) is 101 Å². The summed E-state index contributed by atoms with van der Waals surface area (Å²) in [5, 5.41) is 6.44. The first-order valence-electron chi connectivity index (χ1n) is 12.7. The van der Waals surface area contributed by atoms with Gasteiger partial charge in [0.25, 0.3) is 5.91 Å². The van der Waals surface area contributed by atoms with Crippen molar-refractivity contribution in [2.45, 2.75) is 59.5 Å². The maximum absolute atomic E-state index is 14.7. The van der Waals surface area contributed by atoms with Gasteiger partial charge < -0.3 is 4.90 Å². The summed E-state index contributed by atoms with van der Waals surface area (Å²) in [6, 6.07) is 9.88. The van der Waals surface area contributed by atoms with E-state index in [-0.39, 0.29) is 42.1 Å². The molecule has 2 aliphatic rings. The highest BCUT2D eigenvalue weighted by molar-refractivity contribution is 6.05. The standard InChI is InChI=1S/C27H35F2N7O2/c1-17(26(2,3)4)12-13-27(5)16-35(22-11-10-20(28)14-21(22)29)25(38)36(27)15-18-6-8-19(9-7-18)23(37)30-24-31-33-34-32-24/h6-11,14,17,33-34H,12-13,15-16H2,1-5H3,(H2,30,31,32,37). The van der Waals surface area contributed by atoms with Gasteiger partial charge in [-0.1, -0.05) is 39.8 Å². The van der Waals surface area contributed by atoms with E-state index in [0.717, 1.165) is 24.1 Å². The predicted octanol–water partition coefficient (Wildman–Crippen LogP) is 4.24. The van der Waals surface area contributed by atoms with Gasteiger partial charge in [0.15, 0.2) is 0 Å².